The molecule has 10 aliphatic heterocycles. The van der Waals surface area contributed by atoms with Crippen molar-refractivity contribution in [2.24, 2.45) is 0 Å². The van der Waals surface area contributed by atoms with Gasteiger partial charge in [-0.25, -0.2) is 0 Å². The molecule has 139 heavy (non-hydrogen) atoms. The Morgan fingerprint density at radius 1 is 0.259 bits per heavy atom. The molecule has 0 saturated heterocycles. The van der Waals surface area contributed by atoms with E-state index in [-0.39, 0.29) is 0 Å². The molecule has 0 bridgehead atoms. The molecule has 15 aromatic carbocycles. The fourth-order valence-electron chi connectivity index (χ4n) is 26.3. The lowest BCUT2D eigenvalue weighted by atomic mass is 9.81. The molecule has 0 amide bonds. The standard InChI is InChI=1S/C41H28N4O2.2C41H28N4O/c1-25-21-28(27-11-4-3-5-12-27)22-26(2)37(25)29-23-43-31-14-10-15-32-38(31)41(44(43)24-29)39-34(47-36-17-8-9-20-42(36)41)18-19-35-40(39)45(32)30-13-6-7-16-33(30)46-35;1-25-37(29-20-18-28(19-21-29)27-11-4-3-5-12-27)26(2)45-41-38-33(15-10-16-35(38)46-36-17-8-9-24-42(36)41)43-32-14-7-6-13-30(32)31-22-23-34(44(25)45)39(41)40(31)43;1-25-37(29-20-18-28(19-21-29)27-11-4-3-5-12-27)26(2)45-41-38-33(15-10-16-34(38)44(25)45)43-32-14-7-6-13-30(32)31-22-23-35(39(41)40(31)43)46-36-17-8-9-24-42(36)41/h3-24H,1-2H3;2*3-24H,1-2H3/q3*+2. The van der Waals surface area contributed by atoms with Gasteiger partial charge in [-0.15, -0.1) is 14.0 Å². The summed E-state index contributed by atoms with van der Waals surface area (Å²) in [6.45, 7) is 13.6. The second-order valence-corrected chi connectivity index (χ2v) is 38.1. The number of fused-ring (bicyclic) bond motifs is 20. The minimum atomic E-state index is -0.752. The normalized spacial score (nSPS) is 16.4. The second-order valence-electron chi connectivity index (χ2n) is 38.1. The largest absolute Gasteiger partial charge is 0.453 e. The van der Waals surface area contributed by atoms with Crippen molar-refractivity contribution >= 4 is 60.7 Å². The highest BCUT2D eigenvalue weighted by atomic mass is 16.5. The van der Waals surface area contributed by atoms with E-state index < -0.39 is 17.0 Å². The summed E-state index contributed by atoms with van der Waals surface area (Å²) < 4.78 is 53.5. The number of benzene rings is 15. The Morgan fingerprint density at radius 2 is 0.669 bits per heavy atom. The van der Waals surface area contributed by atoms with E-state index in [1.807, 2.05) is 24.3 Å². The van der Waals surface area contributed by atoms with Gasteiger partial charge in [-0.1, -0.05) is 232 Å². The zero-order chi connectivity index (χ0) is 91.6. The highest BCUT2D eigenvalue weighted by Crippen LogP contribution is 2.65. The van der Waals surface area contributed by atoms with Crippen molar-refractivity contribution < 1.29 is 46.7 Å². The van der Waals surface area contributed by atoms with Crippen LogP contribution in [0.3, 0.4) is 0 Å². The molecule has 33 rings (SSSR count). The molecular formula is C123H84N12O4+6. The Labute approximate surface area is 798 Å². The van der Waals surface area contributed by atoms with Crippen LogP contribution in [-0.4, -0.2) is 23.2 Å². The fourth-order valence-corrected chi connectivity index (χ4v) is 26.3. The Balaban J connectivity index is 0.0000000963. The number of ether oxygens (including phenoxy) is 4. The van der Waals surface area contributed by atoms with Crippen LogP contribution in [0.5, 0.6) is 46.4 Å². The SMILES string of the molecule is Cc1c(-c2ccc(-c3ccccc3)cc2)c(C)[n+]2n1-c1ccc3c4ccccc4n4c3c1C21c2c(cccc2-4)Oc2cccc[n+]21.Cc1c(-c2ccc(-c3ccccc3)cc2)c(C)[n+]2n1-c1cccc3c1C21c2c(ccc4c5ccccc5n-3c24)Oc2cccc[n+]21.Cc1cc(-c2ccccc2)cc(C)c1-c1cn2[n+](c1)C13c4c(cccc4-2)N2c4ccccc4Oc4ccc(c1c42)Oc1cccc[n+]13. The molecule has 18 heterocycles. The van der Waals surface area contributed by atoms with Gasteiger partial charge in [0.1, 0.15) is 22.7 Å². The number of nitrogens with zero attached hydrogens (tertiary/aromatic N) is 12. The van der Waals surface area contributed by atoms with Crippen molar-refractivity contribution in [2.75, 3.05) is 4.90 Å². The van der Waals surface area contributed by atoms with E-state index in [1.54, 1.807) is 0 Å². The molecule has 0 fully saturated rings. The van der Waals surface area contributed by atoms with Crippen molar-refractivity contribution in [1.82, 2.24) is 23.2 Å². The highest BCUT2D eigenvalue weighted by Gasteiger charge is 2.76. The van der Waals surface area contributed by atoms with Gasteiger partial charge in [0.15, 0.2) is 80.7 Å². The summed E-state index contributed by atoms with van der Waals surface area (Å²) in [5, 5.41) is 5.03. The van der Waals surface area contributed by atoms with Crippen LogP contribution in [0.25, 0.3) is 139 Å². The Kier molecular flexibility index (Phi) is 14.9. The molecule has 3 atom stereocenters. The van der Waals surface area contributed by atoms with E-state index in [0.717, 1.165) is 86.0 Å². The van der Waals surface area contributed by atoms with Crippen LogP contribution in [0.15, 0.2) is 401 Å². The minimum absolute atomic E-state index is 0.683. The summed E-state index contributed by atoms with van der Waals surface area (Å²) in [5.41, 5.74) is 41.1. The molecule has 16 heteroatoms. The molecule has 10 aliphatic rings. The predicted molar refractivity (Wildman–Crippen MR) is 537 cm³/mol. The second kappa shape index (κ2) is 27.2. The third-order valence-corrected chi connectivity index (χ3v) is 31.3. The summed E-state index contributed by atoms with van der Waals surface area (Å²) in [6, 6.07) is 132. The minimum Gasteiger partial charge on any atom is -0.453 e. The Morgan fingerprint density at radius 3 is 1.26 bits per heavy atom. The Hall–Kier alpha value is -18.0. The lowest BCUT2D eigenvalue weighted by molar-refractivity contribution is -0.999. The molecule has 654 valence electrons. The van der Waals surface area contributed by atoms with Gasteiger partial charge in [0.2, 0.25) is 17.6 Å². The van der Waals surface area contributed by atoms with Crippen LogP contribution in [0, 0.1) is 41.5 Å². The highest BCUT2D eigenvalue weighted by molar-refractivity contribution is 6.14. The molecule has 16 nitrogen and oxygen atoms in total. The number of pyridine rings is 3. The third kappa shape index (κ3) is 9.42. The van der Waals surface area contributed by atoms with E-state index in [1.165, 1.54) is 184 Å². The van der Waals surface area contributed by atoms with Gasteiger partial charge in [0.25, 0.3) is 0 Å². The lowest BCUT2D eigenvalue weighted by Crippen LogP contribution is -2.77. The molecule has 3 unspecified atom stereocenters. The summed E-state index contributed by atoms with van der Waals surface area (Å²) in [7, 11) is 0. The van der Waals surface area contributed by atoms with E-state index in [0.29, 0.717) is 0 Å². The van der Waals surface area contributed by atoms with Gasteiger partial charge in [-0.05, 0) is 218 Å². The lowest BCUT2D eigenvalue weighted by Gasteiger charge is -2.41. The first-order chi connectivity index (χ1) is 68.5. The van der Waals surface area contributed by atoms with Crippen molar-refractivity contribution in [1.29, 1.82) is 0 Å². The number of rotatable bonds is 6. The number of para-hydroxylation sites is 4. The zero-order valence-electron chi connectivity index (χ0n) is 76.6. The third-order valence-electron chi connectivity index (χ3n) is 31.3. The molecule has 8 aromatic heterocycles. The van der Waals surface area contributed by atoms with Crippen molar-refractivity contribution in [3.05, 3.63) is 468 Å². The maximum Gasteiger partial charge on any atom is 0.449 e. The number of hydrogen-bond donors (Lipinski definition) is 0. The molecule has 3 spiro atoms. The van der Waals surface area contributed by atoms with E-state index in [2.05, 4.69) is 474 Å². The maximum absolute atomic E-state index is 6.76. The average molecular weight is 1790 g/mol. The van der Waals surface area contributed by atoms with Gasteiger partial charge in [-0.2, -0.15) is 0 Å². The van der Waals surface area contributed by atoms with Crippen LogP contribution in [0.2, 0.25) is 0 Å². The van der Waals surface area contributed by atoms with Crippen molar-refractivity contribution in [3.8, 4) is 142 Å². The van der Waals surface area contributed by atoms with E-state index in [4.69, 9.17) is 18.9 Å². The van der Waals surface area contributed by atoms with Gasteiger partial charge in [0.05, 0.1) is 97.3 Å². The van der Waals surface area contributed by atoms with E-state index >= 15 is 0 Å². The fraction of sp³-hybridized carbons (Fsp3) is 0.0732. The van der Waals surface area contributed by atoms with Crippen molar-refractivity contribution in [2.45, 2.75) is 58.5 Å². The van der Waals surface area contributed by atoms with Crippen LogP contribution in [0.1, 0.15) is 67.3 Å². The molecule has 0 aliphatic carbocycles. The topological polar surface area (TPSA) is 88.1 Å². The molecular weight excluding hydrogens is 1710 g/mol. The average Bonchev–Trinajstić information content (AvgIpc) is 1.48. The Bertz CT molecular complexity index is 9420. The molecule has 0 radical (unpaired) electrons. The zero-order valence-corrected chi connectivity index (χ0v) is 76.6. The smallest absolute Gasteiger partial charge is 0.449 e. The predicted octanol–water partition coefficient (Wildman–Crippen LogP) is 24.9. The van der Waals surface area contributed by atoms with Crippen LogP contribution < -0.4 is 51.6 Å². The first-order valence-electron chi connectivity index (χ1n) is 47.8. The maximum atomic E-state index is 6.76. The van der Waals surface area contributed by atoms with Gasteiger partial charge in [-0.3, -0.25) is 0 Å². The van der Waals surface area contributed by atoms with Gasteiger partial charge < -0.3 is 33.0 Å². The summed E-state index contributed by atoms with van der Waals surface area (Å²) in [4.78, 5) is 2.37. The number of anilines is 3. The van der Waals surface area contributed by atoms with Crippen LogP contribution in [0.4, 0.5) is 17.1 Å². The van der Waals surface area contributed by atoms with Crippen LogP contribution >= 0.6 is 0 Å². The summed E-state index contributed by atoms with van der Waals surface area (Å²) in [6.07, 6.45) is 11.2. The molecule has 0 N–H and O–H groups in total. The number of aryl methyl sites for hydroxylation is 2. The summed E-state index contributed by atoms with van der Waals surface area (Å²) >= 11 is 0. The first-order valence-corrected chi connectivity index (χ1v) is 47.8. The molecule has 0 saturated carbocycles. The van der Waals surface area contributed by atoms with E-state index in [9.17, 15) is 0 Å². The van der Waals surface area contributed by atoms with Gasteiger partial charge in [0, 0.05) is 53.6 Å². The monoisotopic (exact) mass is 1790 g/mol. The summed E-state index contributed by atoms with van der Waals surface area (Å²) in [5.74, 6) is 6.71. The first kappa shape index (κ1) is 76.4. The molecule has 23 aromatic rings. The van der Waals surface area contributed by atoms with Crippen LogP contribution in [-0.2, 0) is 17.0 Å². The quantitative estimate of drug-likeness (QED) is 0.155. The van der Waals surface area contributed by atoms with Crippen molar-refractivity contribution in [3.63, 3.8) is 0 Å². The van der Waals surface area contributed by atoms with Gasteiger partial charge >= 0.3 is 34.6 Å². The number of hydrogen-bond acceptors (Lipinski definition) is 5. The number of aromatic nitrogens is 11.